The van der Waals surface area contributed by atoms with Gasteiger partial charge in [-0.15, -0.1) is 0 Å². The maximum absolute atomic E-state index is 6.19. The van der Waals surface area contributed by atoms with Gasteiger partial charge in [0.05, 0.1) is 11.2 Å². The lowest BCUT2D eigenvalue weighted by molar-refractivity contribution is 0.00578. The molecule has 126 valence electrons. The summed E-state index contributed by atoms with van der Waals surface area (Å²) >= 11 is 0. The summed E-state index contributed by atoms with van der Waals surface area (Å²) < 4.78 is 12.4. The van der Waals surface area contributed by atoms with Gasteiger partial charge < -0.3 is 9.31 Å². The van der Waals surface area contributed by atoms with E-state index in [1.165, 1.54) is 21.9 Å². The van der Waals surface area contributed by atoms with Crippen LogP contribution in [0.15, 0.2) is 66.7 Å². The van der Waals surface area contributed by atoms with Gasteiger partial charge in [0.25, 0.3) is 0 Å². The number of hydrogen-bond acceptors (Lipinski definition) is 2. The zero-order valence-electron chi connectivity index (χ0n) is 15.2. The van der Waals surface area contributed by atoms with Crippen molar-refractivity contribution in [1.82, 2.24) is 0 Å². The molecule has 1 aliphatic heterocycles. The fraction of sp³-hybridized carbons (Fsp3) is 0.273. The molecule has 1 heterocycles. The first kappa shape index (κ1) is 16.4. The smallest absolute Gasteiger partial charge is 0.399 e. The van der Waals surface area contributed by atoms with Crippen molar-refractivity contribution in [3.05, 3.63) is 66.7 Å². The van der Waals surface area contributed by atoms with Crippen LogP contribution in [0.1, 0.15) is 27.7 Å². The first-order valence-electron chi connectivity index (χ1n) is 8.81. The second-order valence-electron chi connectivity index (χ2n) is 7.78. The minimum atomic E-state index is -0.324. The van der Waals surface area contributed by atoms with Gasteiger partial charge in [0.1, 0.15) is 0 Å². The number of rotatable bonds is 2. The SMILES string of the molecule is CC1(C)OB(c2ccc3ccc(-c4ccccc4)cc3c2)OC1(C)C. The first-order chi connectivity index (χ1) is 11.9. The summed E-state index contributed by atoms with van der Waals surface area (Å²) in [6.45, 7) is 8.34. The summed E-state index contributed by atoms with van der Waals surface area (Å²) in [6.07, 6.45) is 0. The number of benzene rings is 3. The van der Waals surface area contributed by atoms with E-state index in [2.05, 4.69) is 88.4 Å². The molecule has 0 bridgehead atoms. The molecule has 2 nitrogen and oxygen atoms in total. The van der Waals surface area contributed by atoms with Crippen molar-refractivity contribution in [2.45, 2.75) is 38.9 Å². The van der Waals surface area contributed by atoms with Crippen molar-refractivity contribution < 1.29 is 9.31 Å². The van der Waals surface area contributed by atoms with Crippen LogP contribution in [0.3, 0.4) is 0 Å². The summed E-state index contributed by atoms with van der Waals surface area (Å²) in [5.74, 6) is 0. The van der Waals surface area contributed by atoms with Crippen molar-refractivity contribution in [2.75, 3.05) is 0 Å². The molecular weight excluding hydrogens is 307 g/mol. The monoisotopic (exact) mass is 330 g/mol. The molecule has 4 rings (SSSR count). The Balaban J connectivity index is 1.73. The average molecular weight is 330 g/mol. The highest BCUT2D eigenvalue weighted by Crippen LogP contribution is 2.36. The quantitative estimate of drug-likeness (QED) is 0.628. The van der Waals surface area contributed by atoms with Crippen LogP contribution in [0.25, 0.3) is 21.9 Å². The summed E-state index contributed by atoms with van der Waals surface area (Å²) in [5, 5.41) is 2.42. The highest BCUT2D eigenvalue weighted by atomic mass is 16.7. The lowest BCUT2D eigenvalue weighted by Gasteiger charge is -2.32. The Morgan fingerprint density at radius 1 is 0.640 bits per heavy atom. The van der Waals surface area contributed by atoms with E-state index in [0.717, 1.165) is 5.46 Å². The molecule has 0 aliphatic carbocycles. The fourth-order valence-electron chi connectivity index (χ4n) is 3.20. The van der Waals surface area contributed by atoms with Crippen LogP contribution in [0.4, 0.5) is 0 Å². The minimum Gasteiger partial charge on any atom is -0.399 e. The molecule has 0 amide bonds. The molecule has 25 heavy (non-hydrogen) atoms. The third-order valence-corrected chi connectivity index (χ3v) is 5.50. The van der Waals surface area contributed by atoms with E-state index in [0.29, 0.717) is 0 Å². The standard InChI is InChI=1S/C22H23BO2/c1-21(2)22(3,4)25-23(24-21)20-13-12-17-10-11-18(14-19(17)15-20)16-8-6-5-7-9-16/h5-15H,1-4H3. The summed E-state index contributed by atoms with van der Waals surface area (Å²) in [6, 6.07) is 23.5. The van der Waals surface area contributed by atoms with Crippen LogP contribution in [-0.4, -0.2) is 18.3 Å². The largest absolute Gasteiger partial charge is 0.494 e. The third kappa shape index (κ3) is 2.88. The number of fused-ring (bicyclic) bond motifs is 1. The zero-order chi connectivity index (χ0) is 17.7. The van der Waals surface area contributed by atoms with Crippen LogP contribution < -0.4 is 5.46 Å². The van der Waals surface area contributed by atoms with E-state index < -0.39 is 0 Å². The second-order valence-corrected chi connectivity index (χ2v) is 7.78. The van der Waals surface area contributed by atoms with Crippen LogP contribution in [-0.2, 0) is 9.31 Å². The fourth-order valence-corrected chi connectivity index (χ4v) is 3.20. The minimum absolute atomic E-state index is 0.321. The van der Waals surface area contributed by atoms with E-state index >= 15 is 0 Å². The summed E-state index contributed by atoms with van der Waals surface area (Å²) in [5.41, 5.74) is 2.87. The summed E-state index contributed by atoms with van der Waals surface area (Å²) in [4.78, 5) is 0. The van der Waals surface area contributed by atoms with Gasteiger partial charge in [0.2, 0.25) is 0 Å². The molecule has 0 atom stereocenters. The molecule has 0 unspecified atom stereocenters. The molecule has 0 spiro atoms. The van der Waals surface area contributed by atoms with Crippen molar-refractivity contribution in [1.29, 1.82) is 0 Å². The van der Waals surface area contributed by atoms with E-state index in [-0.39, 0.29) is 18.3 Å². The predicted octanol–water partition coefficient (Wildman–Crippen LogP) is 4.81. The predicted molar refractivity (Wildman–Crippen MR) is 105 cm³/mol. The molecule has 0 aromatic heterocycles. The third-order valence-electron chi connectivity index (χ3n) is 5.50. The Morgan fingerprint density at radius 3 is 1.96 bits per heavy atom. The lowest BCUT2D eigenvalue weighted by atomic mass is 9.78. The number of hydrogen-bond donors (Lipinski definition) is 0. The van der Waals surface area contributed by atoms with Crippen LogP contribution in [0, 0.1) is 0 Å². The average Bonchev–Trinajstić information content (AvgIpc) is 2.82. The van der Waals surface area contributed by atoms with Gasteiger partial charge in [-0.25, -0.2) is 0 Å². The topological polar surface area (TPSA) is 18.5 Å². The Kier molecular flexibility index (Phi) is 3.75. The lowest BCUT2D eigenvalue weighted by Crippen LogP contribution is -2.41. The van der Waals surface area contributed by atoms with Gasteiger partial charge in [-0.05, 0) is 61.1 Å². The normalized spacial score (nSPS) is 18.6. The van der Waals surface area contributed by atoms with Crippen molar-refractivity contribution in [2.24, 2.45) is 0 Å². The molecule has 1 fully saturated rings. The van der Waals surface area contributed by atoms with Crippen LogP contribution >= 0.6 is 0 Å². The van der Waals surface area contributed by atoms with Crippen molar-refractivity contribution >= 4 is 23.4 Å². The maximum Gasteiger partial charge on any atom is 0.494 e. The zero-order valence-corrected chi connectivity index (χ0v) is 15.2. The van der Waals surface area contributed by atoms with E-state index in [9.17, 15) is 0 Å². The Bertz CT molecular complexity index is 900. The maximum atomic E-state index is 6.19. The van der Waals surface area contributed by atoms with E-state index in [1.54, 1.807) is 0 Å². The Labute approximate surface area is 149 Å². The van der Waals surface area contributed by atoms with Gasteiger partial charge in [0, 0.05) is 0 Å². The molecule has 3 aromatic rings. The summed E-state index contributed by atoms with van der Waals surface area (Å²) in [7, 11) is -0.324. The molecule has 1 aliphatic rings. The van der Waals surface area contributed by atoms with Gasteiger partial charge in [-0.2, -0.15) is 0 Å². The highest BCUT2D eigenvalue weighted by Gasteiger charge is 2.51. The molecule has 0 radical (unpaired) electrons. The Morgan fingerprint density at radius 2 is 1.28 bits per heavy atom. The van der Waals surface area contributed by atoms with Gasteiger partial charge >= 0.3 is 7.12 Å². The van der Waals surface area contributed by atoms with Crippen LogP contribution in [0.5, 0.6) is 0 Å². The van der Waals surface area contributed by atoms with Crippen LogP contribution in [0.2, 0.25) is 0 Å². The highest BCUT2D eigenvalue weighted by molar-refractivity contribution is 6.62. The van der Waals surface area contributed by atoms with Crippen molar-refractivity contribution in [3.63, 3.8) is 0 Å². The van der Waals surface area contributed by atoms with E-state index in [1.807, 2.05) is 6.07 Å². The van der Waals surface area contributed by atoms with Gasteiger partial charge in [0.15, 0.2) is 0 Å². The molecule has 0 N–H and O–H groups in total. The Hall–Kier alpha value is -2.10. The van der Waals surface area contributed by atoms with Gasteiger partial charge in [-0.3, -0.25) is 0 Å². The first-order valence-corrected chi connectivity index (χ1v) is 8.81. The molecule has 0 saturated carbocycles. The molecular formula is C22H23BO2. The molecule has 1 saturated heterocycles. The van der Waals surface area contributed by atoms with Crippen molar-refractivity contribution in [3.8, 4) is 11.1 Å². The van der Waals surface area contributed by atoms with Gasteiger partial charge in [-0.1, -0.05) is 60.7 Å². The second kappa shape index (κ2) is 5.72. The molecule has 3 heteroatoms. The van der Waals surface area contributed by atoms with E-state index in [4.69, 9.17) is 9.31 Å². The molecule has 3 aromatic carbocycles.